The lowest BCUT2D eigenvalue weighted by atomic mass is 9.85. The largest absolute Gasteiger partial charge is 0.469 e. The minimum absolute atomic E-state index is 0.129. The molecule has 1 aliphatic carbocycles. The summed E-state index contributed by atoms with van der Waals surface area (Å²) in [6.07, 6.45) is 13.2. The lowest BCUT2D eigenvalue weighted by Crippen LogP contribution is -2.20. The molecule has 0 saturated carbocycles. The fourth-order valence-electron chi connectivity index (χ4n) is 3.23. The Balaban J connectivity index is 2.43. The van der Waals surface area contributed by atoms with Gasteiger partial charge in [-0.3, -0.25) is 4.79 Å². The van der Waals surface area contributed by atoms with Crippen molar-refractivity contribution in [2.45, 2.75) is 71.0 Å². The van der Waals surface area contributed by atoms with E-state index in [2.05, 4.69) is 6.92 Å². The maximum Gasteiger partial charge on any atom is 0.305 e. The van der Waals surface area contributed by atoms with Crippen molar-refractivity contribution in [3.05, 3.63) is 24.3 Å². The quantitative estimate of drug-likeness (QED) is 0.343. The number of hydrogen-bond acceptors (Lipinski definition) is 4. The van der Waals surface area contributed by atoms with Crippen LogP contribution in [-0.2, 0) is 9.53 Å². The summed E-state index contributed by atoms with van der Waals surface area (Å²) in [6.45, 7) is 4.19. The van der Waals surface area contributed by atoms with Gasteiger partial charge < -0.3 is 14.9 Å². The topological polar surface area (TPSA) is 66.8 Å². The lowest BCUT2D eigenvalue weighted by Gasteiger charge is -2.22. The van der Waals surface area contributed by atoms with Crippen LogP contribution in [0.25, 0.3) is 0 Å². The Hall–Kier alpha value is -1.13. The van der Waals surface area contributed by atoms with E-state index >= 15 is 0 Å². The van der Waals surface area contributed by atoms with Crippen LogP contribution in [0, 0.1) is 17.8 Å². The molecule has 0 aliphatic heterocycles. The third kappa shape index (κ3) is 7.63. The van der Waals surface area contributed by atoms with E-state index in [1.54, 1.807) is 0 Å². The molecular formula is C20H34O4. The molecule has 0 aromatic heterocycles. The maximum absolute atomic E-state index is 11.3. The zero-order valence-corrected chi connectivity index (χ0v) is 15.4. The molecule has 0 radical (unpaired) electrons. The molecule has 0 aromatic rings. The van der Waals surface area contributed by atoms with Crippen molar-refractivity contribution in [1.82, 2.24) is 0 Å². The minimum atomic E-state index is -0.442. The van der Waals surface area contributed by atoms with Gasteiger partial charge in [0.1, 0.15) is 0 Å². The van der Waals surface area contributed by atoms with Gasteiger partial charge in [-0.1, -0.05) is 57.4 Å². The van der Waals surface area contributed by atoms with E-state index in [9.17, 15) is 15.0 Å². The highest BCUT2D eigenvalue weighted by molar-refractivity contribution is 5.69. The molecule has 0 bridgehead atoms. The second kappa shape index (κ2) is 11.4. The molecule has 5 atom stereocenters. The van der Waals surface area contributed by atoms with E-state index in [4.69, 9.17) is 4.74 Å². The second-order valence-electron chi connectivity index (χ2n) is 7.03. The zero-order chi connectivity index (χ0) is 17.9. The monoisotopic (exact) mass is 338 g/mol. The van der Waals surface area contributed by atoms with Gasteiger partial charge in [0.05, 0.1) is 19.3 Å². The van der Waals surface area contributed by atoms with Crippen LogP contribution < -0.4 is 0 Å². The summed E-state index contributed by atoms with van der Waals surface area (Å²) in [5, 5.41) is 20.2. The molecule has 1 aliphatic rings. The number of aliphatic hydroxyl groups is 2. The number of carbonyl (C=O) groups is 1. The smallest absolute Gasteiger partial charge is 0.305 e. The highest BCUT2D eigenvalue weighted by atomic mass is 16.5. The summed E-state index contributed by atoms with van der Waals surface area (Å²) in [6, 6.07) is 0. The van der Waals surface area contributed by atoms with Crippen molar-refractivity contribution in [3.8, 4) is 0 Å². The molecular weight excluding hydrogens is 304 g/mol. The summed E-state index contributed by atoms with van der Waals surface area (Å²) in [4.78, 5) is 11.3. The fraction of sp³-hybridized carbons (Fsp3) is 0.750. The Morgan fingerprint density at radius 2 is 2.04 bits per heavy atom. The van der Waals surface area contributed by atoms with Crippen LogP contribution >= 0.6 is 0 Å². The molecule has 0 fully saturated rings. The number of allylic oxidation sites excluding steroid dienone is 2. The minimum Gasteiger partial charge on any atom is -0.469 e. The van der Waals surface area contributed by atoms with Gasteiger partial charge in [0.2, 0.25) is 0 Å². The van der Waals surface area contributed by atoms with E-state index in [0.717, 1.165) is 38.5 Å². The van der Waals surface area contributed by atoms with E-state index in [1.165, 1.54) is 7.11 Å². The van der Waals surface area contributed by atoms with Gasteiger partial charge in [-0.2, -0.15) is 0 Å². The predicted molar refractivity (Wildman–Crippen MR) is 96.4 cm³/mol. The normalized spacial score (nSPS) is 26.0. The van der Waals surface area contributed by atoms with Gasteiger partial charge in [0.25, 0.3) is 0 Å². The highest BCUT2D eigenvalue weighted by Gasteiger charge is 2.29. The van der Waals surface area contributed by atoms with Crippen LogP contribution in [0.1, 0.15) is 58.8 Å². The van der Waals surface area contributed by atoms with Crippen LogP contribution in [0.5, 0.6) is 0 Å². The Morgan fingerprint density at radius 3 is 2.71 bits per heavy atom. The first kappa shape index (κ1) is 20.9. The molecule has 2 unspecified atom stereocenters. The summed E-state index contributed by atoms with van der Waals surface area (Å²) >= 11 is 0. The Kier molecular flexibility index (Phi) is 9.96. The third-order valence-electron chi connectivity index (χ3n) is 4.86. The van der Waals surface area contributed by atoms with Crippen LogP contribution in [0.3, 0.4) is 0 Å². The van der Waals surface area contributed by atoms with Gasteiger partial charge in [0.15, 0.2) is 0 Å². The van der Waals surface area contributed by atoms with Crippen molar-refractivity contribution in [2.24, 2.45) is 17.8 Å². The molecule has 0 spiro atoms. The van der Waals surface area contributed by atoms with Crippen molar-refractivity contribution in [3.63, 3.8) is 0 Å². The molecule has 0 saturated heterocycles. The lowest BCUT2D eigenvalue weighted by molar-refractivity contribution is -0.141. The fourth-order valence-corrected chi connectivity index (χ4v) is 3.23. The van der Waals surface area contributed by atoms with Gasteiger partial charge in [-0.15, -0.1) is 0 Å². The van der Waals surface area contributed by atoms with Gasteiger partial charge >= 0.3 is 5.97 Å². The molecule has 0 aromatic carbocycles. The molecule has 2 N–H and O–H groups in total. The average Bonchev–Trinajstić information content (AvgIpc) is 2.91. The van der Waals surface area contributed by atoms with Crippen molar-refractivity contribution >= 4 is 5.97 Å². The van der Waals surface area contributed by atoms with Crippen molar-refractivity contribution in [1.29, 1.82) is 0 Å². The number of carbonyl (C=O) groups excluding carboxylic acids is 1. The standard InChI is InChI=1S/C20H34O4/c1-4-5-6-7-17(21)11-9-16-10-13-19(22)18(16)12-8-15(2)14-20(23)24-3/h9-11,13,15-19,21-22H,4-8,12,14H2,1-3H3/t15?,16-,17?,18-,19-/m0/s1. The summed E-state index contributed by atoms with van der Waals surface area (Å²) < 4.78 is 4.70. The van der Waals surface area contributed by atoms with E-state index in [1.807, 2.05) is 31.2 Å². The number of rotatable bonds is 11. The number of methoxy groups -OCH3 is 1. The van der Waals surface area contributed by atoms with Crippen molar-refractivity contribution in [2.75, 3.05) is 7.11 Å². The number of esters is 1. The molecule has 0 heterocycles. The second-order valence-corrected chi connectivity index (χ2v) is 7.03. The first-order chi connectivity index (χ1) is 11.5. The average molecular weight is 338 g/mol. The van der Waals surface area contributed by atoms with E-state index in [-0.39, 0.29) is 23.7 Å². The predicted octanol–water partition coefficient (Wildman–Crippen LogP) is 3.63. The molecule has 4 nitrogen and oxygen atoms in total. The van der Waals surface area contributed by atoms with Crippen LogP contribution in [-0.4, -0.2) is 35.5 Å². The Labute approximate surface area is 146 Å². The van der Waals surface area contributed by atoms with E-state index in [0.29, 0.717) is 6.42 Å². The molecule has 24 heavy (non-hydrogen) atoms. The van der Waals surface area contributed by atoms with Gasteiger partial charge in [-0.05, 0) is 31.1 Å². The molecule has 0 amide bonds. The van der Waals surface area contributed by atoms with Crippen molar-refractivity contribution < 1.29 is 19.7 Å². The number of hydrogen-bond donors (Lipinski definition) is 2. The first-order valence-electron chi connectivity index (χ1n) is 9.27. The Morgan fingerprint density at radius 1 is 1.29 bits per heavy atom. The first-order valence-corrected chi connectivity index (χ1v) is 9.27. The summed E-state index contributed by atoms with van der Waals surface area (Å²) in [7, 11) is 1.41. The Bertz CT molecular complexity index is 416. The van der Waals surface area contributed by atoms with E-state index < -0.39 is 12.2 Å². The van der Waals surface area contributed by atoms with Gasteiger partial charge in [0, 0.05) is 12.3 Å². The number of aliphatic hydroxyl groups excluding tert-OH is 2. The molecule has 1 rings (SSSR count). The van der Waals surface area contributed by atoms with Crippen LogP contribution in [0.4, 0.5) is 0 Å². The molecule has 138 valence electrons. The molecule has 4 heteroatoms. The summed E-state index contributed by atoms with van der Waals surface area (Å²) in [5.74, 6) is 0.351. The van der Waals surface area contributed by atoms with Crippen LogP contribution in [0.2, 0.25) is 0 Å². The SMILES string of the molecule is CCCCCC(O)C=C[C@H]1C=C[C@H](O)[C@H]1CCC(C)CC(=O)OC. The summed E-state index contributed by atoms with van der Waals surface area (Å²) in [5.41, 5.74) is 0. The zero-order valence-electron chi connectivity index (χ0n) is 15.4. The van der Waals surface area contributed by atoms with Crippen LogP contribution in [0.15, 0.2) is 24.3 Å². The third-order valence-corrected chi connectivity index (χ3v) is 4.86. The van der Waals surface area contributed by atoms with Gasteiger partial charge in [-0.25, -0.2) is 0 Å². The number of ether oxygens (including phenoxy) is 1. The maximum atomic E-state index is 11.3. The number of unbranched alkanes of at least 4 members (excludes halogenated alkanes) is 2. The highest BCUT2D eigenvalue weighted by Crippen LogP contribution is 2.32.